The van der Waals surface area contributed by atoms with Gasteiger partial charge in [0.15, 0.2) is 0 Å². The highest BCUT2D eigenvalue weighted by Crippen LogP contribution is 2.26. The Labute approximate surface area is 147 Å². The Morgan fingerprint density at radius 1 is 1.25 bits per heavy atom. The Morgan fingerprint density at radius 3 is 2.62 bits per heavy atom. The number of aryl methyl sites for hydroxylation is 1. The van der Waals surface area contributed by atoms with Crippen molar-refractivity contribution in [1.82, 2.24) is 10.3 Å². The number of methoxy groups -OCH3 is 1. The van der Waals surface area contributed by atoms with E-state index in [1.807, 2.05) is 32.9 Å². The molecule has 2 rings (SSSR count). The summed E-state index contributed by atoms with van der Waals surface area (Å²) < 4.78 is 5.41. The molecule has 0 spiro atoms. The highest BCUT2D eigenvalue weighted by molar-refractivity contribution is 6.30. The zero-order chi connectivity index (χ0) is 17.7. The lowest BCUT2D eigenvalue weighted by molar-refractivity contribution is -0.118. The van der Waals surface area contributed by atoms with Gasteiger partial charge in [-0.15, -0.1) is 0 Å². The predicted octanol–water partition coefficient (Wildman–Crippen LogP) is 3.73. The van der Waals surface area contributed by atoms with E-state index in [9.17, 15) is 4.79 Å². The van der Waals surface area contributed by atoms with Gasteiger partial charge < -0.3 is 10.1 Å². The average molecular weight is 348 g/mol. The quantitative estimate of drug-likeness (QED) is 0.835. The number of ether oxygens (including phenoxy) is 1. The highest BCUT2D eigenvalue weighted by Gasteiger charge is 2.19. The summed E-state index contributed by atoms with van der Waals surface area (Å²) >= 11 is 5.79. The first-order chi connectivity index (χ1) is 11.4. The molecular formula is C18H22ClN3O2. The first kappa shape index (κ1) is 18.2. The lowest BCUT2D eigenvalue weighted by atomic mass is 10.0. The van der Waals surface area contributed by atoms with E-state index in [1.165, 1.54) is 6.20 Å². The molecule has 0 saturated heterocycles. The van der Waals surface area contributed by atoms with Crippen molar-refractivity contribution in [2.75, 3.05) is 12.4 Å². The average Bonchev–Trinajstić information content (AvgIpc) is 2.56. The van der Waals surface area contributed by atoms with Gasteiger partial charge in [0.25, 0.3) is 0 Å². The number of carbonyl (C=O) groups excluding carboxylic acids is 1. The lowest BCUT2D eigenvalue weighted by Crippen LogP contribution is -2.39. The molecule has 2 aromatic rings. The minimum atomic E-state index is -0.400. The van der Waals surface area contributed by atoms with Crippen molar-refractivity contribution in [1.29, 1.82) is 0 Å². The molecule has 2 unspecified atom stereocenters. The minimum Gasteiger partial charge on any atom is -0.496 e. The Kier molecular flexibility index (Phi) is 6.17. The molecule has 24 heavy (non-hydrogen) atoms. The van der Waals surface area contributed by atoms with Gasteiger partial charge in [-0.05, 0) is 39.0 Å². The van der Waals surface area contributed by atoms with E-state index < -0.39 is 6.04 Å². The fourth-order valence-corrected chi connectivity index (χ4v) is 2.53. The zero-order valence-corrected chi connectivity index (χ0v) is 15.0. The molecule has 128 valence electrons. The summed E-state index contributed by atoms with van der Waals surface area (Å²) in [7, 11) is 1.64. The maximum Gasteiger partial charge on any atom is 0.242 e. The summed E-state index contributed by atoms with van der Waals surface area (Å²) in [5, 5.41) is 6.57. The Balaban J connectivity index is 2.02. The van der Waals surface area contributed by atoms with Crippen molar-refractivity contribution in [3.63, 3.8) is 0 Å². The molecule has 1 amide bonds. The standard InChI is InChI=1S/C18H22ClN3O2/c1-11-5-7-16(24-4)15(9-11)12(2)21-13(3)18(23)22-17-8-6-14(19)10-20-17/h5-10,12-13,21H,1-4H3,(H,20,22,23). The molecule has 2 atom stereocenters. The molecule has 5 nitrogen and oxygen atoms in total. The summed E-state index contributed by atoms with van der Waals surface area (Å²) in [6, 6.07) is 8.90. The molecule has 0 aliphatic heterocycles. The van der Waals surface area contributed by atoms with Gasteiger partial charge in [-0.1, -0.05) is 29.3 Å². The smallest absolute Gasteiger partial charge is 0.242 e. The first-order valence-electron chi connectivity index (χ1n) is 7.73. The number of halogens is 1. The van der Waals surface area contributed by atoms with Gasteiger partial charge in [0, 0.05) is 17.8 Å². The van der Waals surface area contributed by atoms with Crippen LogP contribution in [-0.4, -0.2) is 24.0 Å². The van der Waals surface area contributed by atoms with Crippen LogP contribution in [0.1, 0.15) is 31.0 Å². The van der Waals surface area contributed by atoms with Crippen molar-refractivity contribution >= 4 is 23.3 Å². The number of anilines is 1. The first-order valence-corrected chi connectivity index (χ1v) is 8.11. The number of rotatable bonds is 6. The number of nitrogens with one attached hydrogen (secondary N) is 2. The van der Waals surface area contributed by atoms with Crippen LogP contribution in [0.15, 0.2) is 36.5 Å². The van der Waals surface area contributed by atoms with Crippen molar-refractivity contribution in [2.45, 2.75) is 32.9 Å². The van der Waals surface area contributed by atoms with E-state index in [1.54, 1.807) is 19.2 Å². The summed E-state index contributed by atoms with van der Waals surface area (Å²) in [6.07, 6.45) is 1.50. The van der Waals surface area contributed by atoms with Gasteiger partial charge in [0.05, 0.1) is 18.2 Å². The van der Waals surface area contributed by atoms with Crippen molar-refractivity contribution < 1.29 is 9.53 Å². The molecule has 1 aromatic carbocycles. The maximum atomic E-state index is 12.3. The van der Waals surface area contributed by atoms with E-state index in [4.69, 9.17) is 16.3 Å². The summed E-state index contributed by atoms with van der Waals surface area (Å²) in [5.41, 5.74) is 2.16. The second-order valence-corrected chi connectivity index (χ2v) is 6.14. The molecule has 0 aliphatic carbocycles. The maximum absolute atomic E-state index is 12.3. The lowest BCUT2D eigenvalue weighted by Gasteiger charge is -2.22. The molecule has 0 saturated carbocycles. The molecule has 0 bridgehead atoms. The van der Waals surface area contributed by atoms with E-state index >= 15 is 0 Å². The minimum absolute atomic E-state index is 0.0428. The van der Waals surface area contributed by atoms with Crippen LogP contribution in [0, 0.1) is 6.92 Å². The highest BCUT2D eigenvalue weighted by atomic mass is 35.5. The van der Waals surface area contributed by atoms with Gasteiger partial charge in [-0.3, -0.25) is 10.1 Å². The van der Waals surface area contributed by atoms with Crippen molar-refractivity contribution in [3.8, 4) is 5.75 Å². The molecule has 6 heteroatoms. The third kappa shape index (κ3) is 4.69. The molecule has 1 heterocycles. The Bertz CT molecular complexity index is 704. The second-order valence-electron chi connectivity index (χ2n) is 5.71. The van der Waals surface area contributed by atoms with Crippen LogP contribution in [0.4, 0.5) is 5.82 Å². The molecular weight excluding hydrogens is 326 g/mol. The van der Waals surface area contributed by atoms with Gasteiger partial charge in [0.1, 0.15) is 11.6 Å². The number of amides is 1. The number of hydrogen-bond donors (Lipinski definition) is 2. The van der Waals surface area contributed by atoms with Crippen LogP contribution in [-0.2, 0) is 4.79 Å². The van der Waals surface area contributed by atoms with E-state index in [0.29, 0.717) is 10.8 Å². The van der Waals surface area contributed by atoms with Gasteiger partial charge in [-0.2, -0.15) is 0 Å². The second kappa shape index (κ2) is 8.13. The molecule has 1 aromatic heterocycles. The van der Waals surface area contributed by atoms with Crippen LogP contribution in [0.25, 0.3) is 0 Å². The molecule has 0 radical (unpaired) electrons. The normalized spacial score (nSPS) is 13.2. The molecule has 0 aliphatic rings. The van der Waals surface area contributed by atoms with Crippen LogP contribution in [0.2, 0.25) is 5.02 Å². The van der Waals surface area contributed by atoms with Gasteiger partial charge in [-0.25, -0.2) is 4.98 Å². The van der Waals surface area contributed by atoms with E-state index in [-0.39, 0.29) is 11.9 Å². The number of carbonyl (C=O) groups is 1. The molecule has 2 N–H and O–H groups in total. The topological polar surface area (TPSA) is 63.2 Å². The number of pyridine rings is 1. The number of hydrogen-bond acceptors (Lipinski definition) is 4. The number of benzene rings is 1. The van der Waals surface area contributed by atoms with Crippen LogP contribution >= 0.6 is 11.6 Å². The van der Waals surface area contributed by atoms with Gasteiger partial charge in [0.2, 0.25) is 5.91 Å². The SMILES string of the molecule is COc1ccc(C)cc1C(C)NC(C)C(=O)Nc1ccc(Cl)cn1. The monoisotopic (exact) mass is 347 g/mol. The fraction of sp³-hybridized carbons (Fsp3) is 0.333. The third-order valence-corrected chi connectivity index (χ3v) is 3.95. The fourth-order valence-electron chi connectivity index (χ4n) is 2.42. The number of aromatic nitrogens is 1. The largest absolute Gasteiger partial charge is 0.496 e. The summed E-state index contributed by atoms with van der Waals surface area (Å²) in [4.78, 5) is 16.4. The van der Waals surface area contributed by atoms with Crippen molar-refractivity contribution in [2.24, 2.45) is 0 Å². The Morgan fingerprint density at radius 2 is 2.00 bits per heavy atom. The summed E-state index contributed by atoms with van der Waals surface area (Å²) in [6.45, 7) is 5.84. The van der Waals surface area contributed by atoms with Crippen LogP contribution < -0.4 is 15.4 Å². The molecule has 0 fully saturated rings. The van der Waals surface area contributed by atoms with E-state index in [2.05, 4.69) is 21.7 Å². The zero-order valence-electron chi connectivity index (χ0n) is 14.3. The predicted molar refractivity (Wildman–Crippen MR) is 96.6 cm³/mol. The van der Waals surface area contributed by atoms with Crippen LogP contribution in [0.3, 0.4) is 0 Å². The van der Waals surface area contributed by atoms with E-state index in [0.717, 1.165) is 16.9 Å². The van der Waals surface area contributed by atoms with Gasteiger partial charge >= 0.3 is 0 Å². The van der Waals surface area contributed by atoms with Crippen molar-refractivity contribution in [3.05, 3.63) is 52.7 Å². The third-order valence-electron chi connectivity index (χ3n) is 3.72. The number of nitrogens with zero attached hydrogens (tertiary/aromatic N) is 1. The van der Waals surface area contributed by atoms with Crippen LogP contribution in [0.5, 0.6) is 5.75 Å². The summed E-state index contributed by atoms with van der Waals surface area (Å²) in [5.74, 6) is 1.11. The Hall–Kier alpha value is -2.11.